The van der Waals surface area contributed by atoms with Crippen LogP contribution in [0.15, 0.2) is 29.4 Å². The molecular weight excluding hydrogens is 259 g/mol. The Hall–Kier alpha value is -2.50. The predicted octanol–water partition coefficient (Wildman–Crippen LogP) is 1.80. The van der Waals surface area contributed by atoms with Gasteiger partial charge >= 0.3 is 0 Å². The van der Waals surface area contributed by atoms with E-state index in [4.69, 9.17) is 0 Å². The van der Waals surface area contributed by atoms with E-state index in [1.165, 1.54) is 12.3 Å². The van der Waals surface area contributed by atoms with E-state index >= 15 is 0 Å². The van der Waals surface area contributed by atoms with Crippen LogP contribution < -0.4 is 5.43 Å². The van der Waals surface area contributed by atoms with Crippen molar-refractivity contribution in [1.82, 2.24) is 15.6 Å². The first kappa shape index (κ1) is 12.5. The van der Waals surface area contributed by atoms with Crippen LogP contribution in [0.5, 0.6) is 0 Å². The number of hydrogen-bond acceptors (Lipinski definition) is 3. The monoisotopic (exact) mass is 272 g/mol. The van der Waals surface area contributed by atoms with Crippen LogP contribution in [0.25, 0.3) is 0 Å². The zero-order valence-electron chi connectivity index (χ0n) is 10.7. The number of nitrogens with zero attached hydrogens (tertiary/aromatic N) is 2. The van der Waals surface area contributed by atoms with Gasteiger partial charge in [-0.1, -0.05) is 18.2 Å². The molecule has 20 heavy (non-hydrogen) atoms. The Kier molecular flexibility index (Phi) is 3.28. The lowest BCUT2D eigenvalue weighted by Gasteiger charge is -1.98. The average molecular weight is 272 g/mol. The Morgan fingerprint density at radius 2 is 2.25 bits per heavy atom. The highest BCUT2D eigenvalue weighted by atomic mass is 19.1. The van der Waals surface area contributed by atoms with E-state index in [9.17, 15) is 9.18 Å². The van der Waals surface area contributed by atoms with Crippen molar-refractivity contribution in [1.29, 1.82) is 0 Å². The molecule has 0 atom stereocenters. The van der Waals surface area contributed by atoms with E-state index in [2.05, 4.69) is 20.7 Å². The number of carbonyl (C=O) groups excluding carboxylic acids is 1. The molecule has 0 unspecified atom stereocenters. The van der Waals surface area contributed by atoms with Gasteiger partial charge in [-0.2, -0.15) is 10.2 Å². The zero-order valence-corrected chi connectivity index (χ0v) is 10.7. The van der Waals surface area contributed by atoms with Crippen LogP contribution >= 0.6 is 0 Å². The van der Waals surface area contributed by atoms with Crippen LogP contribution in [-0.2, 0) is 12.8 Å². The molecule has 0 fully saturated rings. The van der Waals surface area contributed by atoms with Crippen molar-refractivity contribution < 1.29 is 9.18 Å². The summed E-state index contributed by atoms with van der Waals surface area (Å²) in [6, 6.07) is 6.21. The summed E-state index contributed by atoms with van der Waals surface area (Å²) >= 11 is 0. The number of nitrogens with one attached hydrogen (secondary N) is 2. The molecule has 5 nitrogen and oxygen atoms in total. The van der Waals surface area contributed by atoms with Crippen molar-refractivity contribution in [2.75, 3.05) is 0 Å². The summed E-state index contributed by atoms with van der Waals surface area (Å²) in [6.07, 6.45) is 4.09. The van der Waals surface area contributed by atoms with Gasteiger partial charge in [-0.25, -0.2) is 9.82 Å². The molecule has 0 saturated heterocycles. The van der Waals surface area contributed by atoms with Crippen LogP contribution in [0, 0.1) is 5.82 Å². The Morgan fingerprint density at radius 1 is 1.40 bits per heavy atom. The molecule has 1 amide bonds. The first-order valence-corrected chi connectivity index (χ1v) is 6.40. The second-order valence-corrected chi connectivity index (χ2v) is 4.60. The van der Waals surface area contributed by atoms with Crippen LogP contribution in [0.2, 0.25) is 0 Å². The van der Waals surface area contributed by atoms with Crippen LogP contribution in [0.4, 0.5) is 4.39 Å². The molecular formula is C14H13FN4O. The highest BCUT2D eigenvalue weighted by molar-refractivity contribution is 5.94. The predicted molar refractivity (Wildman–Crippen MR) is 72.1 cm³/mol. The lowest BCUT2D eigenvalue weighted by Crippen LogP contribution is -2.19. The number of halogens is 1. The van der Waals surface area contributed by atoms with E-state index < -0.39 is 0 Å². The van der Waals surface area contributed by atoms with Crippen molar-refractivity contribution in [3.8, 4) is 0 Å². The molecule has 3 rings (SSSR count). The number of aromatic nitrogens is 2. The fourth-order valence-electron chi connectivity index (χ4n) is 2.30. The Bertz CT molecular complexity index is 678. The molecule has 2 N–H and O–H groups in total. The maximum absolute atomic E-state index is 13.3. The van der Waals surface area contributed by atoms with Gasteiger partial charge in [0.05, 0.1) is 6.21 Å². The lowest BCUT2D eigenvalue weighted by atomic mass is 10.2. The lowest BCUT2D eigenvalue weighted by molar-refractivity contribution is 0.0949. The van der Waals surface area contributed by atoms with Crippen molar-refractivity contribution in [3.63, 3.8) is 0 Å². The molecule has 0 saturated carbocycles. The normalized spacial score (nSPS) is 13.7. The first-order chi connectivity index (χ1) is 9.75. The molecule has 1 aliphatic rings. The summed E-state index contributed by atoms with van der Waals surface area (Å²) in [6.45, 7) is 0. The summed E-state index contributed by atoms with van der Waals surface area (Å²) in [7, 11) is 0. The smallest absolute Gasteiger partial charge is 0.281 e. The van der Waals surface area contributed by atoms with E-state index in [1.54, 1.807) is 18.2 Å². The molecule has 0 bridgehead atoms. The first-order valence-electron chi connectivity index (χ1n) is 6.40. The van der Waals surface area contributed by atoms with Crippen LogP contribution in [-0.4, -0.2) is 22.3 Å². The quantitative estimate of drug-likeness (QED) is 0.660. The maximum Gasteiger partial charge on any atom is 0.292 e. The number of amides is 1. The molecule has 0 radical (unpaired) electrons. The third-order valence-electron chi connectivity index (χ3n) is 3.30. The number of aryl methyl sites for hydroxylation is 1. The number of benzene rings is 1. The fourth-order valence-corrected chi connectivity index (χ4v) is 2.30. The number of hydrazone groups is 1. The standard InChI is InChI=1S/C14H13FN4O/c15-11-6-2-1-4-9(11)8-16-19-14(20)13-10-5-3-7-12(10)17-18-13/h1-2,4,6,8H,3,5,7H2,(H,17,18)(H,19,20)/b16-8-. The van der Waals surface area contributed by atoms with Crippen molar-refractivity contribution in [2.45, 2.75) is 19.3 Å². The molecule has 2 aromatic rings. The Balaban J connectivity index is 1.69. The summed E-state index contributed by atoms with van der Waals surface area (Å²) in [4.78, 5) is 11.9. The molecule has 0 aliphatic heterocycles. The second-order valence-electron chi connectivity index (χ2n) is 4.60. The summed E-state index contributed by atoms with van der Waals surface area (Å²) in [5.41, 5.74) is 5.05. The molecule has 1 aromatic heterocycles. The van der Waals surface area contributed by atoms with Crippen molar-refractivity contribution in [2.24, 2.45) is 5.10 Å². The Labute approximate surface area is 114 Å². The Morgan fingerprint density at radius 3 is 3.10 bits per heavy atom. The molecule has 6 heteroatoms. The molecule has 0 spiro atoms. The maximum atomic E-state index is 13.3. The number of H-pyrrole nitrogens is 1. The minimum atomic E-state index is -0.383. The topological polar surface area (TPSA) is 70.1 Å². The zero-order chi connectivity index (χ0) is 13.9. The molecule has 1 aliphatic carbocycles. The average Bonchev–Trinajstić information content (AvgIpc) is 3.03. The number of aromatic amines is 1. The summed E-state index contributed by atoms with van der Waals surface area (Å²) in [5.74, 6) is -0.761. The summed E-state index contributed by atoms with van der Waals surface area (Å²) < 4.78 is 13.3. The SMILES string of the molecule is O=C(N/N=C\c1ccccc1F)c1n[nH]c2c1CCC2. The van der Waals surface area contributed by atoms with Crippen LogP contribution in [0.3, 0.4) is 0 Å². The van der Waals surface area contributed by atoms with E-state index in [-0.39, 0.29) is 11.7 Å². The minimum Gasteiger partial charge on any atom is -0.281 e. The van der Waals surface area contributed by atoms with Gasteiger partial charge in [-0.05, 0) is 25.3 Å². The van der Waals surface area contributed by atoms with Gasteiger partial charge in [-0.3, -0.25) is 9.89 Å². The third kappa shape index (κ3) is 2.32. The van der Waals surface area contributed by atoms with Gasteiger partial charge in [0.1, 0.15) is 5.82 Å². The highest BCUT2D eigenvalue weighted by Gasteiger charge is 2.22. The minimum absolute atomic E-state index is 0.319. The number of rotatable bonds is 3. The highest BCUT2D eigenvalue weighted by Crippen LogP contribution is 2.22. The van der Waals surface area contributed by atoms with Gasteiger partial charge in [0, 0.05) is 16.8 Å². The largest absolute Gasteiger partial charge is 0.292 e. The van der Waals surface area contributed by atoms with Crippen molar-refractivity contribution >= 4 is 12.1 Å². The third-order valence-corrected chi connectivity index (χ3v) is 3.30. The van der Waals surface area contributed by atoms with Crippen molar-refractivity contribution in [3.05, 3.63) is 52.6 Å². The van der Waals surface area contributed by atoms with Gasteiger partial charge in [0.15, 0.2) is 5.69 Å². The number of carbonyl (C=O) groups is 1. The van der Waals surface area contributed by atoms with E-state index in [0.29, 0.717) is 11.3 Å². The van der Waals surface area contributed by atoms with Gasteiger partial charge in [-0.15, -0.1) is 0 Å². The molecule has 1 aromatic carbocycles. The number of hydrogen-bond donors (Lipinski definition) is 2. The second kappa shape index (κ2) is 5.24. The van der Waals surface area contributed by atoms with E-state index in [0.717, 1.165) is 30.5 Å². The molecule has 1 heterocycles. The fraction of sp³-hybridized carbons (Fsp3) is 0.214. The van der Waals surface area contributed by atoms with Gasteiger partial charge in [0.25, 0.3) is 5.91 Å². The molecule has 102 valence electrons. The van der Waals surface area contributed by atoms with Gasteiger partial charge < -0.3 is 0 Å². The summed E-state index contributed by atoms with van der Waals surface area (Å²) in [5, 5.41) is 10.6. The van der Waals surface area contributed by atoms with Crippen LogP contribution in [0.1, 0.15) is 33.7 Å². The van der Waals surface area contributed by atoms with E-state index in [1.807, 2.05) is 0 Å². The van der Waals surface area contributed by atoms with Gasteiger partial charge in [0.2, 0.25) is 0 Å². The number of fused-ring (bicyclic) bond motifs is 1.